The van der Waals surface area contributed by atoms with Crippen LogP contribution in [0.25, 0.3) is 5.76 Å². The van der Waals surface area contributed by atoms with Gasteiger partial charge in [0.05, 0.1) is 30.4 Å². The number of hydrogen-bond acceptors (Lipinski definition) is 5. The lowest BCUT2D eigenvalue weighted by Gasteiger charge is -2.19. The summed E-state index contributed by atoms with van der Waals surface area (Å²) in [4.78, 5) is 9.72. The number of halogens is 4. The fourth-order valence-electron chi connectivity index (χ4n) is 3.08. The summed E-state index contributed by atoms with van der Waals surface area (Å²) >= 11 is 0. The van der Waals surface area contributed by atoms with E-state index in [1.54, 1.807) is 20.0 Å². The fourth-order valence-corrected chi connectivity index (χ4v) is 3.08. The first-order valence-electron chi connectivity index (χ1n) is 10.5. The molecule has 0 amide bonds. The second kappa shape index (κ2) is 10.5. The number of hydrogen-bond donors (Lipinski definition) is 0. The van der Waals surface area contributed by atoms with E-state index in [1.165, 1.54) is 47.6 Å². The molecule has 1 aliphatic heterocycles. The van der Waals surface area contributed by atoms with Crippen LogP contribution >= 0.6 is 0 Å². The lowest BCUT2D eigenvalue weighted by molar-refractivity contribution is 0.0174. The van der Waals surface area contributed by atoms with E-state index < -0.39 is 17.6 Å². The van der Waals surface area contributed by atoms with Gasteiger partial charge >= 0.3 is 0 Å². The van der Waals surface area contributed by atoms with Crippen LogP contribution in [0.15, 0.2) is 88.3 Å². The SMILES string of the molecule is C=C1C=NN(C/C(C)=N/OC(=C)c2ccc(C(C)(F)F)cc2)C=C1N=C(C)c1cccc(F)c1F. The molecule has 0 unspecified atom stereocenters. The largest absolute Gasteiger partial charge is 0.357 e. The van der Waals surface area contributed by atoms with Crippen LogP contribution in [0.2, 0.25) is 0 Å². The van der Waals surface area contributed by atoms with Gasteiger partial charge in [0.2, 0.25) is 0 Å². The molecular formula is C26H24F4N4O. The van der Waals surface area contributed by atoms with Crippen LogP contribution in [0.3, 0.4) is 0 Å². The second-order valence-corrected chi connectivity index (χ2v) is 7.99. The van der Waals surface area contributed by atoms with Gasteiger partial charge in [-0.1, -0.05) is 48.6 Å². The molecule has 2 aromatic rings. The molecule has 0 aliphatic carbocycles. The number of aliphatic imine (C=N–C) groups is 1. The zero-order valence-electron chi connectivity index (χ0n) is 19.5. The first kappa shape index (κ1) is 25.6. The van der Waals surface area contributed by atoms with E-state index >= 15 is 0 Å². The van der Waals surface area contributed by atoms with Crippen molar-refractivity contribution in [1.29, 1.82) is 0 Å². The topological polar surface area (TPSA) is 49.5 Å². The molecule has 1 heterocycles. The highest BCUT2D eigenvalue weighted by Gasteiger charge is 2.23. The molecule has 0 fully saturated rings. The highest BCUT2D eigenvalue weighted by Crippen LogP contribution is 2.28. The van der Waals surface area contributed by atoms with Crippen LogP contribution in [-0.2, 0) is 10.8 Å². The molecule has 0 bridgehead atoms. The quantitative estimate of drug-likeness (QED) is 0.182. The molecule has 5 nitrogen and oxygen atoms in total. The van der Waals surface area contributed by atoms with E-state index in [-0.39, 0.29) is 29.1 Å². The number of alkyl halides is 2. The van der Waals surface area contributed by atoms with Gasteiger partial charge in [-0.15, -0.1) is 0 Å². The molecule has 1 aliphatic rings. The Morgan fingerprint density at radius 3 is 2.46 bits per heavy atom. The summed E-state index contributed by atoms with van der Waals surface area (Å²) < 4.78 is 54.4. The Bertz CT molecular complexity index is 1260. The van der Waals surface area contributed by atoms with Gasteiger partial charge < -0.3 is 4.84 Å². The van der Waals surface area contributed by atoms with Gasteiger partial charge in [-0.25, -0.2) is 17.6 Å². The van der Waals surface area contributed by atoms with Crippen molar-refractivity contribution in [1.82, 2.24) is 5.01 Å². The van der Waals surface area contributed by atoms with Crippen molar-refractivity contribution in [3.63, 3.8) is 0 Å². The van der Waals surface area contributed by atoms with Crippen molar-refractivity contribution in [3.05, 3.63) is 101 Å². The standard InChI is InChI=1S/C26H24F4N4O/c1-16-13-31-34(15-24(16)32-18(3)22-7-6-8-23(27)25(22)28)14-17(2)33-35-19(4)20-9-11-21(12-10-20)26(5,29)30/h6-13,15H,1,4,14H2,2-3,5H3/b32-18?,33-17+. The minimum Gasteiger partial charge on any atom is -0.357 e. The van der Waals surface area contributed by atoms with E-state index in [0.29, 0.717) is 22.5 Å². The van der Waals surface area contributed by atoms with Gasteiger partial charge in [-0.3, -0.25) is 10.0 Å². The molecule has 35 heavy (non-hydrogen) atoms. The summed E-state index contributed by atoms with van der Waals surface area (Å²) in [6.45, 7) is 12.0. The van der Waals surface area contributed by atoms with Gasteiger partial charge in [0.1, 0.15) is 0 Å². The Kier molecular flexibility index (Phi) is 7.68. The van der Waals surface area contributed by atoms with E-state index in [2.05, 4.69) is 28.4 Å². The van der Waals surface area contributed by atoms with E-state index in [4.69, 9.17) is 4.84 Å². The lowest BCUT2D eigenvalue weighted by Crippen LogP contribution is -2.22. The Balaban J connectivity index is 1.68. The summed E-state index contributed by atoms with van der Waals surface area (Å²) in [5, 5.41) is 9.78. The maximum absolute atomic E-state index is 14.1. The summed E-state index contributed by atoms with van der Waals surface area (Å²) in [7, 11) is 0. The summed E-state index contributed by atoms with van der Waals surface area (Å²) in [5.41, 5.74) is 2.18. The molecule has 3 rings (SSSR count). The summed E-state index contributed by atoms with van der Waals surface area (Å²) in [6.07, 6.45) is 3.09. The zero-order valence-corrected chi connectivity index (χ0v) is 19.5. The van der Waals surface area contributed by atoms with Gasteiger partial charge in [0.15, 0.2) is 17.4 Å². The molecular weight excluding hydrogens is 460 g/mol. The van der Waals surface area contributed by atoms with Gasteiger partial charge in [-0.05, 0) is 26.0 Å². The van der Waals surface area contributed by atoms with Crippen molar-refractivity contribution in [2.45, 2.75) is 26.7 Å². The number of allylic oxidation sites excluding steroid dienone is 1. The van der Waals surface area contributed by atoms with Crippen LogP contribution in [0.1, 0.15) is 37.5 Å². The average Bonchev–Trinajstić information content (AvgIpc) is 2.81. The van der Waals surface area contributed by atoms with Crippen molar-refractivity contribution in [2.24, 2.45) is 15.2 Å². The van der Waals surface area contributed by atoms with E-state index in [0.717, 1.165) is 13.0 Å². The highest BCUT2D eigenvalue weighted by atomic mass is 19.3. The van der Waals surface area contributed by atoms with E-state index in [9.17, 15) is 17.6 Å². The lowest BCUT2D eigenvalue weighted by atomic mass is 10.1. The Morgan fingerprint density at radius 2 is 1.80 bits per heavy atom. The van der Waals surface area contributed by atoms with Crippen molar-refractivity contribution in [2.75, 3.05) is 6.54 Å². The molecule has 182 valence electrons. The number of rotatable bonds is 8. The minimum absolute atomic E-state index is 0.0492. The third-order valence-electron chi connectivity index (χ3n) is 5.01. The maximum Gasteiger partial charge on any atom is 0.270 e. The first-order valence-corrected chi connectivity index (χ1v) is 10.5. The molecule has 0 atom stereocenters. The molecule has 0 N–H and O–H groups in total. The van der Waals surface area contributed by atoms with Gasteiger partial charge in [0, 0.05) is 34.9 Å². The third kappa shape index (κ3) is 6.53. The second-order valence-electron chi connectivity index (χ2n) is 7.99. The Morgan fingerprint density at radius 1 is 1.11 bits per heavy atom. The molecule has 0 radical (unpaired) electrons. The van der Waals surface area contributed by atoms with Gasteiger partial charge in [0.25, 0.3) is 5.92 Å². The predicted molar refractivity (Wildman–Crippen MR) is 130 cm³/mol. The molecule has 0 saturated carbocycles. The van der Waals surface area contributed by atoms with Crippen LogP contribution in [0.4, 0.5) is 17.6 Å². The molecule has 2 aromatic carbocycles. The Hall–Kier alpha value is -4.01. The predicted octanol–water partition coefficient (Wildman–Crippen LogP) is 6.65. The molecule has 0 aromatic heterocycles. The number of nitrogens with zero attached hydrogens (tertiary/aromatic N) is 4. The monoisotopic (exact) mass is 484 g/mol. The average molecular weight is 484 g/mol. The molecule has 9 heteroatoms. The molecule has 0 saturated heterocycles. The van der Waals surface area contributed by atoms with E-state index in [1.807, 2.05) is 0 Å². The summed E-state index contributed by atoms with van der Waals surface area (Å²) in [6, 6.07) is 9.47. The van der Waals surface area contributed by atoms with Crippen molar-refractivity contribution in [3.8, 4) is 0 Å². The smallest absolute Gasteiger partial charge is 0.270 e. The van der Waals surface area contributed by atoms with Crippen LogP contribution in [-0.4, -0.2) is 29.2 Å². The normalized spacial score (nSPS) is 14.8. The summed E-state index contributed by atoms with van der Waals surface area (Å²) in [5.74, 6) is -4.67. The van der Waals surface area contributed by atoms with Crippen molar-refractivity contribution < 1.29 is 22.4 Å². The van der Waals surface area contributed by atoms with Crippen LogP contribution in [0.5, 0.6) is 0 Å². The highest BCUT2D eigenvalue weighted by molar-refractivity contribution is 6.00. The fraction of sp³-hybridized carbons (Fsp3) is 0.192. The van der Waals surface area contributed by atoms with Crippen LogP contribution < -0.4 is 0 Å². The molecule has 0 spiro atoms. The maximum atomic E-state index is 14.1. The number of oxime groups is 1. The van der Waals surface area contributed by atoms with Crippen LogP contribution in [0, 0.1) is 11.6 Å². The zero-order chi connectivity index (χ0) is 25.8. The van der Waals surface area contributed by atoms with Crippen molar-refractivity contribution >= 4 is 23.4 Å². The Labute approximate surface area is 201 Å². The first-order chi connectivity index (χ1) is 16.5. The number of benzene rings is 2. The van der Waals surface area contributed by atoms with Gasteiger partial charge in [-0.2, -0.15) is 5.10 Å². The number of hydrazone groups is 1. The minimum atomic E-state index is -2.93. The third-order valence-corrected chi connectivity index (χ3v) is 5.01.